The molecule has 0 amide bonds. The van der Waals surface area contributed by atoms with Gasteiger partial charge in [-0.1, -0.05) is 38.8 Å². The molecule has 1 aromatic carbocycles. The summed E-state index contributed by atoms with van der Waals surface area (Å²) in [6.45, 7) is 8.04. The molecule has 1 aliphatic carbocycles. The normalized spacial score (nSPS) is 19.1. The van der Waals surface area contributed by atoms with Gasteiger partial charge in [-0.15, -0.1) is 0 Å². The van der Waals surface area contributed by atoms with Gasteiger partial charge in [0.1, 0.15) is 5.82 Å². The highest BCUT2D eigenvalue weighted by Gasteiger charge is 2.34. The molecule has 2 heteroatoms. The summed E-state index contributed by atoms with van der Waals surface area (Å²) in [5.74, 6) is 0.624. The Morgan fingerprint density at radius 3 is 2.29 bits per heavy atom. The highest BCUT2D eigenvalue weighted by atomic mass is 19.1. The molecule has 1 saturated carbocycles. The van der Waals surface area contributed by atoms with Crippen LogP contribution in [-0.4, -0.2) is 12.6 Å². The van der Waals surface area contributed by atoms with E-state index in [1.54, 1.807) is 12.1 Å². The first-order valence-electron chi connectivity index (χ1n) is 8.47. The van der Waals surface area contributed by atoms with Gasteiger partial charge in [0.15, 0.2) is 0 Å². The molecule has 1 nitrogen and oxygen atoms in total. The average molecular weight is 291 g/mol. The summed E-state index contributed by atoms with van der Waals surface area (Å²) in [7, 11) is 0. The van der Waals surface area contributed by atoms with Gasteiger partial charge in [-0.25, -0.2) is 4.39 Å². The minimum Gasteiger partial charge on any atom is -0.313 e. The lowest BCUT2D eigenvalue weighted by atomic mass is 9.78. The fourth-order valence-corrected chi connectivity index (χ4v) is 3.88. The Morgan fingerprint density at radius 2 is 1.71 bits per heavy atom. The third kappa shape index (κ3) is 5.10. The molecule has 1 fully saturated rings. The molecular formula is C19H30FN. The minimum absolute atomic E-state index is 0.152. The monoisotopic (exact) mass is 291 g/mol. The number of hydrogen-bond acceptors (Lipinski definition) is 1. The van der Waals surface area contributed by atoms with Crippen LogP contribution in [0.2, 0.25) is 0 Å². The summed E-state index contributed by atoms with van der Waals surface area (Å²) in [5.41, 5.74) is 1.73. The summed E-state index contributed by atoms with van der Waals surface area (Å²) in [5, 5.41) is 3.74. The van der Waals surface area contributed by atoms with Gasteiger partial charge in [0, 0.05) is 12.6 Å². The largest absolute Gasteiger partial charge is 0.313 e. The van der Waals surface area contributed by atoms with Crippen LogP contribution >= 0.6 is 0 Å². The van der Waals surface area contributed by atoms with Crippen LogP contribution in [0, 0.1) is 17.2 Å². The van der Waals surface area contributed by atoms with Crippen molar-refractivity contribution >= 4 is 0 Å². The van der Waals surface area contributed by atoms with Crippen molar-refractivity contribution in [2.24, 2.45) is 11.3 Å². The van der Waals surface area contributed by atoms with Crippen molar-refractivity contribution in [3.8, 4) is 0 Å². The Kier molecular flexibility index (Phi) is 5.80. The molecular weight excluding hydrogens is 261 g/mol. The second-order valence-corrected chi connectivity index (χ2v) is 7.42. The van der Waals surface area contributed by atoms with Crippen LogP contribution in [0.25, 0.3) is 0 Å². The average Bonchev–Trinajstić information content (AvgIpc) is 2.87. The van der Waals surface area contributed by atoms with Gasteiger partial charge in [0.25, 0.3) is 0 Å². The standard InChI is InChI=1S/C19H30FN/c1-15(2)13-19(10-4-5-11-19)14-21-16(3)12-17-6-8-18(20)9-7-17/h6-9,15-16,21H,4-5,10-14H2,1-3H3. The van der Waals surface area contributed by atoms with Gasteiger partial charge in [0.05, 0.1) is 0 Å². The Morgan fingerprint density at radius 1 is 1.10 bits per heavy atom. The summed E-state index contributed by atoms with van der Waals surface area (Å²) < 4.78 is 12.9. The molecule has 0 heterocycles. The van der Waals surface area contributed by atoms with Gasteiger partial charge in [0.2, 0.25) is 0 Å². The molecule has 0 spiro atoms. The maximum atomic E-state index is 12.9. The fraction of sp³-hybridized carbons (Fsp3) is 0.684. The maximum absolute atomic E-state index is 12.9. The lowest BCUT2D eigenvalue weighted by Crippen LogP contribution is -2.39. The maximum Gasteiger partial charge on any atom is 0.123 e. The molecule has 0 saturated heterocycles. The molecule has 118 valence electrons. The topological polar surface area (TPSA) is 12.0 Å². The molecule has 0 radical (unpaired) electrons. The van der Waals surface area contributed by atoms with Gasteiger partial charge in [-0.3, -0.25) is 0 Å². The first-order chi connectivity index (χ1) is 9.99. The lowest BCUT2D eigenvalue weighted by molar-refractivity contribution is 0.216. The Hall–Kier alpha value is -0.890. The molecule has 1 aromatic rings. The van der Waals surface area contributed by atoms with E-state index in [9.17, 15) is 4.39 Å². The fourth-order valence-electron chi connectivity index (χ4n) is 3.88. The van der Waals surface area contributed by atoms with Gasteiger partial charge >= 0.3 is 0 Å². The number of benzene rings is 1. The summed E-state index contributed by atoms with van der Waals surface area (Å²) in [6, 6.07) is 7.35. The quantitative estimate of drug-likeness (QED) is 0.749. The SMILES string of the molecule is CC(C)CC1(CNC(C)Cc2ccc(F)cc2)CCCC1. The van der Waals surface area contributed by atoms with E-state index in [0.29, 0.717) is 11.5 Å². The van der Waals surface area contributed by atoms with Crippen molar-refractivity contribution in [2.45, 2.75) is 65.3 Å². The van der Waals surface area contributed by atoms with Crippen LogP contribution in [-0.2, 0) is 6.42 Å². The number of nitrogens with one attached hydrogen (secondary N) is 1. The van der Waals surface area contributed by atoms with Crippen LogP contribution in [0.5, 0.6) is 0 Å². The van der Waals surface area contributed by atoms with Crippen molar-refractivity contribution in [1.82, 2.24) is 5.32 Å². The van der Waals surface area contributed by atoms with Crippen LogP contribution in [0.15, 0.2) is 24.3 Å². The smallest absolute Gasteiger partial charge is 0.123 e. The van der Waals surface area contributed by atoms with Crippen molar-refractivity contribution < 1.29 is 4.39 Å². The molecule has 1 atom stereocenters. The molecule has 1 unspecified atom stereocenters. The van der Waals surface area contributed by atoms with Crippen molar-refractivity contribution in [2.75, 3.05) is 6.54 Å². The predicted molar refractivity (Wildman–Crippen MR) is 87.9 cm³/mol. The highest BCUT2D eigenvalue weighted by Crippen LogP contribution is 2.42. The van der Waals surface area contributed by atoms with Crippen LogP contribution < -0.4 is 5.32 Å². The lowest BCUT2D eigenvalue weighted by Gasteiger charge is -2.32. The first-order valence-corrected chi connectivity index (χ1v) is 8.47. The molecule has 0 aliphatic heterocycles. The zero-order valence-corrected chi connectivity index (χ0v) is 13.8. The Labute approximate surface area is 129 Å². The van der Waals surface area contributed by atoms with Crippen LogP contribution in [0.1, 0.15) is 58.4 Å². The highest BCUT2D eigenvalue weighted by molar-refractivity contribution is 5.17. The molecule has 0 aromatic heterocycles. The summed E-state index contributed by atoms with van der Waals surface area (Å²) >= 11 is 0. The Balaban J connectivity index is 1.84. The molecule has 21 heavy (non-hydrogen) atoms. The third-order valence-corrected chi connectivity index (χ3v) is 4.79. The van der Waals surface area contributed by atoms with Crippen molar-refractivity contribution in [3.63, 3.8) is 0 Å². The summed E-state index contributed by atoms with van der Waals surface area (Å²) in [6.07, 6.45) is 7.84. The van der Waals surface area contributed by atoms with E-state index in [1.807, 2.05) is 12.1 Å². The third-order valence-electron chi connectivity index (χ3n) is 4.79. The van der Waals surface area contributed by atoms with E-state index >= 15 is 0 Å². The number of halogens is 1. The van der Waals surface area contributed by atoms with Crippen LogP contribution in [0.3, 0.4) is 0 Å². The van der Waals surface area contributed by atoms with E-state index in [0.717, 1.165) is 18.9 Å². The van der Waals surface area contributed by atoms with Gasteiger partial charge < -0.3 is 5.32 Å². The molecule has 1 N–H and O–H groups in total. The van der Waals surface area contributed by atoms with E-state index in [-0.39, 0.29) is 5.82 Å². The zero-order valence-electron chi connectivity index (χ0n) is 13.8. The predicted octanol–water partition coefficient (Wildman–Crippen LogP) is 4.95. The molecule has 2 rings (SSSR count). The van der Waals surface area contributed by atoms with Crippen molar-refractivity contribution in [3.05, 3.63) is 35.6 Å². The second-order valence-electron chi connectivity index (χ2n) is 7.42. The number of hydrogen-bond donors (Lipinski definition) is 1. The van der Waals surface area contributed by atoms with E-state index in [1.165, 1.54) is 37.7 Å². The zero-order chi connectivity index (χ0) is 15.3. The van der Waals surface area contributed by atoms with Gasteiger partial charge in [-0.05, 0) is 61.6 Å². The van der Waals surface area contributed by atoms with Crippen LogP contribution in [0.4, 0.5) is 4.39 Å². The summed E-state index contributed by atoms with van der Waals surface area (Å²) in [4.78, 5) is 0. The second kappa shape index (κ2) is 7.40. The van der Waals surface area contributed by atoms with Crippen molar-refractivity contribution in [1.29, 1.82) is 0 Å². The molecule has 0 bridgehead atoms. The van der Waals surface area contributed by atoms with Gasteiger partial charge in [-0.2, -0.15) is 0 Å². The van der Waals surface area contributed by atoms with E-state index in [2.05, 4.69) is 26.1 Å². The van der Waals surface area contributed by atoms with E-state index < -0.39 is 0 Å². The van der Waals surface area contributed by atoms with E-state index in [4.69, 9.17) is 0 Å². The number of rotatable bonds is 7. The molecule has 1 aliphatic rings. The first kappa shape index (κ1) is 16.5. The Bertz CT molecular complexity index is 418. The minimum atomic E-state index is -0.152.